The van der Waals surface area contributed by atoms with E-state index in [1.165, 1.54) is 12.8 Å². The summed E-state index contributed by atoms with van der Waals surface area (Å²) in [6, 6.07) is 1.82. The second kappa shape index (κ2) is 8.14. The van der Waals surface area contributed by atoms with Crippen molar-refractivity contribution in [1.29, 1.82) is 0 Å². The lowest BCUT2D eigenvalue weighted by Crippen LogP contribution is -2.34. The van der Waals surface area contributed by atoms with Gasteiger partial charge in [-0.2, -0.15) is 5.10 Å². The lowest BCUT2D eigenvalue weighted by atomic mass is 9.85. The summed E-state index contributed by atoms with van der Waals surface area (Å²) in [5.41, 5.74) is 0. The van der Waals surface area contributed by atoms with Crippen LogP contribution in [0.15, 0.2) is 12.3 Å². The molecule has 6 heteroatoms. The number of hydrogen-bond donors (Lipinski definition) is 2. The Morgan fingerprint density at radius 3 is 3.24 bits per heavy atom. The summed E-state index contributed by atoms with van der Waals surface area (Å²) in [7, 11) is 1.66. The Morgan fingerprint density at radius 2 is 2.52 bits per heavy atom. The number of nitrogens with one attached hydrogen (secondary N) is 2. The summed E-state index contributed by atoms with van der Waals surface area (Å²) in [6.45, 7) is 5.60. The molecular formula is C15H26N4O2. The number of aromatic nitrogens is 2. The predicted octanol–water partition coefficient (Wildman–Crippen LogP) is 1.49. The molecule has 0 bridgehead atoms. The third-order valence-electron chi connectivity index (χ3n) is 4.08. The van der Waals surface area contributed by atoms with Crippen molar-refractivity contribution in [2.24, 2.45) is 11.8 Å². The number of anilines is 1. The van der Waals surface area contributed by atoms with Crippen LogP contribution in [0.3, 0.4) is 0 Å². The fourth-order valence-electron chi connectivity index (χ4n) is 2.76. The zero-order valence-electron chi connectivity index (χ0n) is 13.0. The summed E-state index contributed by atoms with van der Waals surface area (Å²) in [6.07, 6.45) is 4.83. The minimum absolute atomic E-state index is 0.0464. The largest absolute Gasteiger partial charge is 0.383 e. The lowest BCUT2D eigenvalue weighted by Gasteiger charge is -2.27. The lowest BCUT2D eigenvalue weighted by molar-refractivity contribution is -0.117. The Bertz CT molecular complexity index is 441. The maximum absolute atomic E-state index is 12.1. The number of rotatable bonds is 7. The molecule has 2 N–H and O–H groups in total. The molecule has 0 radical (unpaired) electrons. The number of hydrogen-bond acceptors (Lipinski definition) is 4. The third-order valence-corrected chi connectivity index (χ3v) is 4.08. The predicted molar refractivity (Wildman–Crippen MR) is 82.1 cm³/mol. The summed E-state index contributed by atoms with van der Waals surface area (Å²) >= 11 is 0. The zero-order valence-corrected chi connectivity index (χ0v) is 13.0. The first-order valence-corrected chi connectivity index (χ1v) is 7.72. The molecule has 0 spiro atoms. The number of ether oxygens (including phenoxy) is 1. The number of amides is 1. The maximum Gasteiger partial charge on any atom is 0.225 e. The van der Waals surface area contributed by atoms with Gasteiger partial charge in [0.2, 0.25) is 5.91 Å². The highest BCUT2D eigenvalue weighted by Gasteiger charge is 2.22. The first kappa shape index (κ1) is 16.0. The van der Waals surface area contributed by atoms with Crippen LogP contribution in [0.1, 0.15) is 26.2 Å². The SMILES string of the molecule is COCCn1ccc(NC(=O)CC(C)C2CCCNC2)n1. The van der Waals surface area contributed by atoms with Gasteiger partial charge in [-0.15, -0.1) is 0 Å². The zero-order chi connectivity index (χ0) is 15.1. The monoisotopic (exact) mass is 294 g/mol. The van der Waals surface area contributed by atoms with Gasteiger partial charge in [-0.3, -0.25) is 9.48 Å². The second-order valence-electron chi connectivity index (χ2n) is 5.79. The molecule has 21 heavy (non-hydrogen) atoms. The van der Waals surface area contributed by atoms with Crippen LogP contribution in [-0.2, 0) is 16.1 Å². The first-order chi connectivity index (χ1) is 10.2. The van der Waals surface area contributed by atoms with Crippen molar-refractivity contribution in [3.63, 3.8) is 0 Å². The Kier molecular flexibility index (Phi) is 6.20. The average molecular weight is 294 g/mol. The molecule has 1 aliphatic heterocycles. The van der Waals surface area contributed by atoms with Gasteiger partial charge in [0, 0.05) is 25.8 Å². The molecule has 0 aliphatic carbocycles. The second-order valence-corrected chi connectivity index (χ2v) is 5.79. The van der Waals surface area contributed by atoms with Crippen LogP contribution in [0.25, 0.3) is 0 Å². The Labute approximate surface area is 126 Å². The van der Waals surface area contributed by atoms with E-state index >= 15 is 0 Å². The fraction of sp³-hybridized carbons (Fsp3) is 0.733. The Morgan fingerprint density at radius 1 is 1.67 bits per heavy atom. The van der Waals surface area contributed by atoms with Crippen molar-refractivity contribution < 1.29 is 9.53 Å². The van der Waals surface area contributed by atoms with E-state index in [0.717, 1.165) is 13.1 Å². The number of carbonyl (C=O) groups excluding carboxylic acids is 1. The maximum atomic E-state index is 12.1. The van der Waals surface area contributed by atoms with Crippen molar-refractivity contribution in [3.05, 3.63) is 12.3 Å². The van der Waals surface area contributed by atoms with E-state index < -0.39 is 0 Å². The van der Waals surface area contributed by atoms with Crippen molar-refractivity contribution in [2.75, 3.05) is 32.1 Å². The minimum atomic E-state index is 0.0464. The van der Waals surface area contributed by atoms with Gasteiger partial charge < -0.3 is 15.4 Å². The van der Waals surface area contributed by atoms with Gasteiger partial charge >= 0.3 is 0 Å². The van der Waals surface area contributed by atoms with Gasteiger partial charge in [0.15, 0.2) is 5.82 Å². The first-order valence-electron chi connectivity index (χ1n) is 7.72. The number of methoxy groups -OCH3 is 1. The molecule has 118 valence electrons. The molecule has 1 amide bonds. The van der Waals surface area contributed by atoms with Crippen LogP contribution in [0.2, 0.25) is 0 Å². The van der Waals surface area contributed by atoms with Gasteiger partial charge in [0.25, 0.3) is 0 Å². The molecule has 1 aliphatic rings. The molecule has 1 aromatic heterocycles. The number of carbonyl (C=O) groups is 1. The smallest absolute Gasteiger partial charge is 0.225 e. The summed E-state index contributed by atoms with van der Waals surface area (Å²) in [5, 5.41) is 10.6. The molecule has 1 saturated heterocycles. The summed E-state index contributed by atoms with van der Waals surface area (Å²) in [5.74, 6) is 1.66. The van der Waals surface area contributed by atoms with Crippen molar-refractivity contribution >= 4 is 11.7 Å². The van der Waals surface area contributed by atoms with Gasteiger partial charge in [0.05, 0.1) is 13.2 Å². The fourth-order valence-corrected chi connectivity index (χ4v) is 2.76. The molecule has 1 fully saturated rings. The van der Waals surface area contributed by atoms with E-state index in [1.54, 1.807) is 11.8 Å². The van der Waals surface area contributed by atoms with Crippen molar-refractivity contribution in [2.45, 2.75) is 32.7 Å². The highest BCUT2D eigenvalue weighted by molar-refractivity contribution is 5.89. The van der Waals surface area contributed by atoms with Gasteiger partial charge in [-0.05, 0) is 37.8 Å². The Hall–Kier alpha value is -1.40. The quantitative estimate of drug-likeness (QED) is 0.799. The molecule has 2 unspecified atom stereocenters. The Balaban J connectivity index is 1.76. The van der Waals surface area contributed by atoms with E-state index in [4.69, 9.17) is 4.74 Å². The topological polar surface area (TPSA) is 68.2 Å². The van der Waals surface area contributed by atoms with Gasteiger partial charge in [-0.25, -0.2) is 0 Å². The minimum Gasteiger partial charge on any atom is -0.383 e. The van der Waals surface area contributed by atoms with Crippen LogP contribution < -0.4 is 10.6 Å². The molecule has 2 atom stereocenters. The number of piperidine rings is 1. The molecular weight excluding hydrogens is 268 g/mol. The molecule has 2 rings (SSSR count). The summed E-state index contributed by atoms with van der Waals surface area (Å²) < 4.78 is 6.77. The van der Waals surface area contributed by atoms with Gasteiger partial charge in [0.1, 0.15) is 0 Å². The van der Waals surface area contributed by atoms with Crippen LogP contribution in [-0.4, -0.2) is 42.5 Å². The summed E-state index contributed by atoms with van der Waals surface area (Å²) in [4.78, 5) is 12.1. The molecule has 2 heterocycles. The van der Waals surface area contributed by atoms with E-state index in [9.17, 15) is 4.79 Å². The van der Waals surface area contributed by atoms with E-state index in [-0.39, 0.29) is 5.91 Å². The van der Waals surface area contributed by atoms with E-state index in [2.05, 4.69) is 22.7 Å². The molecule has 0 saturated carbocycles. The van der Waals surface area contributed by atoms with Gasteiger partial charge in [-0.1, -0.05) is 6.92 Å². The molecule has 1 aromatic rings. The van der Waals surface area contributed by atoms with Crippen molar-refractivity contribution in [1.82, 2.24) is 15.1 Å². The molecule has 6 nitrogen and oxygen atoms in total. The highest BCUT2D eigenvalue weighted by atomic mass is 16.5. The van der Waals surface area contributed by atoms with E-state index in [0.29, 0.717) is 37.2 Å². The van der Waals surface area contributed by atoms with Crippen LogP contribution >= 0.6 is 0 Å². The standard InChI is InChI=1S/C15H26N4O2/c1-12(13-4-3-6-16-11-13)10-15(20)17-14-5-7-19(18-14)8-9-21-2/h5,7,12-13,16H,3-4,6,8-11H2,1-2H3,(H,17,18,20). The normalized spacial score (nSPS) is 20.2. The van der Waals surface area contributed by atoms with E-state index in [1.807, 2.05) is 12.3 Å². The number of nitrogens with zero attached hydrogens (tertiary/aromatic N) is 2. The van der Waals surface area contributed by atoms with Crippen LogP contribution in [0, 0.1) is 11.8 Å². The highest BCUT2D eigenvalue weighted by Crippen LogP contribution is 2.22. The van der Waals surface area contributed by atoms with Crippen LogP contribution in [0.4, 0.5) is 5.82 Å². The van der Waals surface area contributed by atoms with Crippen molar-refractivity contribution in [3.8, 4) is 0 Å². The average Bonchev–Trinajstić information content (AvgIpc) is 2.93. The van der Waals surface area contributed by atoms with Crippen LogP contribution in [0.5, 0.6) is 0 Å². The third kappa shape index (κ3) is 5.13. The molecule has 0 aromatic carbocycles.